The quantitative estimate of drug-likeness (QED) is 0.590. The van der Waals surface area contributed by atoms with E-state index in [-0.39, 0.29) is 5.69 Å². The van der Waals surface area contributed by atoms with Crippen molar-refractivity contribution in [3.05, 3.63) is 34.0 Å². The Hall–Kier alpha value is -2.44. The van der Waals surface area contributed by atoms with Crippen molar-refractivity contribution in [3.63, 3.8) is 0 Å². The Balaban J connectivity index is 2.47. The minimum absolute atomic E-state index is 0.0214. The van der Waals surface area contributed by atoms with Crippen LogP contribution in [0.15, 0.2) is 18.3 Å². The number of benzene rings is 1. The molecular weight excluding hydrogens is 262 g/mol. The van der Waals surface area contributed by atoms with Crippen LogP contribution in [0, 0.1) is 17.0 Å². The lowest BCUT2D eigenvalue weighted by Gasteiger charge is -2.18. The van der Waals surface area contributed by atoms with Crippen molar-refractivity contribution in [1.29, 1.82) is 0 Å². The molecule has 2 aromatic rings. The lowest BCUT2D eigenvalue weighted by molar-refractivity contribution is -0.385. The molecule has 1 aromatic heterocycles. The first-order valence-electron chi connectivity index (χ1n) is 6.06. The van der Waals surface area contributed by atoms with Gasteiger partial charge in [0.05, 0.1) is 10.5 Å². The van der Waals surface area contributed by atoms with E-state index in [1.54, 1.807) is 33.8 Å². The molecule has 0 amide bonds. The van der Waals surface area contributed by atoms with Gasteiger partial charge < -0.3 is 4.74 Å². The van der Waals surface area contributed by atoms with Crippen LogP contribution in [0.3, 0.4) is 0 Å². The minimum Gasteiger partial charge on any atom is -0.442 e. The number of fused-ring (bicyclic) bond motifs is 1. The Labute approximate surface area is 115 Å². The van der Waals surface area contributed by atoms with Crippen LogP contribution < -0.4 is 0 Å². The Bertz CT molecular complexity index is 697. The molecule has 20 heavy (non-hydrogen) atoms. The number of carbonyl (C=O) groups excluding carboxylic acids is 1. The number of nitro benzene ring substituents is 1. The molecular formula is C13H15N3O4. The molecule has 0 bridgehead atoms. The van der Waals surface area contributed by atoms with Crippen molar-refractivity contribution < 1.29 is 14.5 Å². The molecule has 0 atom stereocenters. The number of nitro groups is 1. The molecule has 0 aliphatic rings. The van der Waals surface area contributed by atoms with Crippen LogP contribution in [0.1, 0.15) is 26.3 Å². The first kappa shape index (κ1) is 14.0. The van der Waals surface area contributed by atoms with Gasteiger partial charge in [-0.3, -0.25) is 10.1 Å². The topological polar surface area (TPSA) is 87.3 Å². The Morgan fingerprint density at radius 3 is 2.60 bits per heavy atom. The predicted molar refractivity (Wildman–Crippen MR) is 72.8 cm³/mol. The molecule has 0 fully saturated rings. The fraction of sp³-hybridized carbons (Fsp3) is 0.385. The highest BCUT2D eigenvalue weighted by Crippen LogP contribution is 2.26. The van der Waals surface area contributed by atoms with E-state index in [0.717, 1.165) is 4.68 Å². The average Bonchev–Trinajstić information content (AvgIpc) is 2.71. The molecule has 1 heterocycles. The van der Waals surface area contributed by atoms with Crippen LogP contribution in [-0.2, 0) is 4.74 Å². The zero-order valence-corrected chi connectivity index (χ0v) is 11.7. The highest BCUT2D eigenvalue weighted by Gasteiger charge is 2.21. The van der Waals surface area contributed by atoms with Crippen molar-refractivity contribution in [2.75, 3.05) is 0 Å². The molecule has 0 aliphatic carbocycles. The number of aromatic nitrogens is 2. The largest absolute Gasteiger partial charge is 0.442 e. The Kier molecular flexibility index (Phi) is 3.21. The SMILES string of the molecule is Cc1c([N+](=O)[O-])ccc2cn(C(=O)OC(C)(C)C)nc12. The molecule has 0 aliphatic heterocycles. The van der Waals surface area contributed by atoms with E-state index in [1.165, 1.54) is 12.3 Å². The summed E-state index contributed by atoms with van der Waals surface area (Å²) < 4.78 is 6.26. The van der Waals surface area contributed by atoms with Gasteiger partial charge in [-0.15, -0.1) is 0 Å². The highest BCUT2D eigenvalue weighted by atomic mass is 16.6. The van der Waals surface area contributed by atoms with Gasteiger partial charge in [0, 0.05) is 17.6 Å². The summed E-state index contributed by atoms with van der Waals surface area (Å²) in [7, 11) is 0. The molecule has 106 valence electrons. The molecule has 7 heteroatoms. The van der Waals surface area contributed by atoms with Gasteiger partial charge in [-0.2, -0.15) is 9.78 Å². The third-order valence-electron chi connectivity index (χ3n) is 2.68. The van der Waals surface area contributed by atoms with Crippen molar-refractivity contribution in [3.8, 4) is 0 Å². The van der Waals surface area contributed by atoms with Crippen molar-refractivity contribution >= 4 is 22.7 Å². The van der Waals surface area contributed by atoms with E-state index in [9.17, 15) is 14.9 Å². The zero-order chi connectivity index (χ0) is 15.1. The summed E-state index contributed by atoms with van der Waals surface area (Å²) in [5, 5.41) is 15.6. The second kappa shape index (κ2) is 4.59. The summed E-state index contributed by atoms with van der Waals surface area (Å²) >= 11 is 0. The monoisotopic (exact) mass is 277 g/mol. The molecule has 1 aromatic carbocycles. The van der Waals surface area contributed by atoms with Crippen molar-refractivity contribution in [2.45, 2.75) is 33.3 Å². The van der Waals surface area contributed by atoms with Gasteiger partial charge in [-0.1, -0.05) is 0 Å². The lowest BCUT2D eigenvalue weighted by Crippen LogP contribution is -2.27. The molecule has 0 unspecified atom stereocenters. The molecule has 0 N–H and O–H groups in total. The summed E-state index contributed by atoms with van der Waals surface area (Å²) in [6, 6.07) is 2.97. The first-order chi connectivity index (χ1) is 9.19. The van der Waals surface area contributed by atoms with Gasteiger partial charge in [0.1, 0.15) is 11.1 Å². The molecule has 7 nitrogen and oxygen atoms in total. The standard InChI is InChI=1S/C13H15N3O4/c1-8-10(16(18)19)6-5-9-7-15(14-11(8)9)12(17)20-13(2,3)4/h5-7H,1-4H3. The maximum absolute atomic E-state index is 11.9. The fourth-order valence-electron chi connectivity index (χ4n) is 1.82. The highest BCUT2D eigenvalue weighted by molar-refractivity contribution is 5.87. The third kappa shape index (κ3) is 2.61. The van der Waals surface area contributed by atoms with E-state index in [0.29, 0.717) is 16.5 Å². The second-order valence-corrected chi connectivity index (χ2v) is 5.46. The summed E-state index contributed by atoms with van der Waals surface area (Å²) in [6.07, 6.45) is 0.885. The summed E-state index contributed by atoms with van der Waals surface area (Å²) in [6.45, 7) is 6.87. The average molecular weight is 277 g/mol. The van der Waals surface area contributed by atoms with Crippen molar-refractivity contribution in [2.24, 2.45) is 0 Å². The molecule has 0 saturated heterocycles. The molecule has 0 saturated carbocycles. The molecule has 2 rings (SSSR count). The number of hydrogen-bond acceptors (Lipinski definition) is 5. The number of hydrogen-bond donors (Lipinski definition) is 0. The zero-order valence-electron chi connectivity index (χ0n) is 11.7. The maximum Gasteiger partial charge on any atom is 0.435 e. The van der Waals surface area contributed by atoms with Crippen LogP contribution in [0.5, 0.6) is 0 Å². The number of carbonyl (C=O) groups is 1. The van der Waals surface area contributed by atoms with Crippen LogP contribution in [0.25, 0.3) is 10.9 Å². The lowest BCUT2D eigenvalue weighted by atomic mass is 10.1. The second-order valence-electron chi connectivity index (χ2n) is 5.46. The van der Waals surface area contributed by atoms with E-state index < -0.39 is 16.6 Å². The summed E-state index contributed by atoms with van der Waals surface area (Å²) in [4.78, 5) is 22.3. The van der Waals surface area contributed by atoms with Gasteiger partial charge in [-0.05, 0) is 33.8 Å². The fourth-order valence-corrected chi connectivity index (χ4v) is 1.82. The predicted octanol–water partition coefficient (Wildman–Crippen LogP) is 3.04. The van der Waals surface area contributed by atoms with E-state index in [1.807, 2.05) is 0 Å². The smallest absolute Gasteiger partial charge is 0.435 e. The number of rotatable bonds is 1. The molecule has 0 radical (unpaired) electrons. The molecule has 0 spiro atoms. The van der Waals surface area contributed by atoms with Gasteiger partial charge in [0.15, 0.2) is 0 Å². The minimum atomic E-state index is -0.629. The normalized spacial score (nSPS) is 11.6. The number of ether oxygens (including phenoxy) is 1. The van der Waals surface area contributed by atoms with Crippen LogP contribution >= 0.6 is 0 Å². The van der Waals surface area contributed by atoms with Gasteiger partial charge in [-0.25, -0.2) is 4.79 Å². The van der Waals surface area contributed by atoms with E-state index >= 15 is 0 Å². The van der Waals surface area contributed by atoms with E-state index in [2.05, 4.69) is 5.10 Å². The Morgan fingerprint density at radius 1 is 1.40 bits per heavy atom. The van der Waals surface area contributed by atoms with Crippen molar-refractivity contribution in [1.82, 2.24) is 9.78 Å². The first-order valence-corrected chi connectivity index (χ1v) is 6.06. The summed E-state index contributed by atoms with van der Waals surface area (Å²) in [5.74, 6) is 0. The van der Waals surface area contributed by atoms with Gasteiger partial charge in [0.25, 0.3) is 5.69 Å². The third-order valence-corrected chi connectivity index (χ3v) is 2.68. The van der Waals surface area contributed by atoms with Crippen LogP contribution in [0.4, 0.5) is 10.5 Å². The van der Waals surface area contributed by atoms with Gasteiger partial charge >= 0.3 is 6.09 Å². The van der Waals surface area contributed by atoms with Crippen LogP contribution in [-0.4, -0.2) is 26.4 Å². The van der Waals surface area contributed by atoms with E-state index in [4.69, 9.17) is 4.74 Å². The maximum atomic E-state index is 11.9. The number of aryl methyl sites for hydroxylation is 1. The summed E-state index contributed by atoms with van der Waals surface area (Å²) in [5.41, 5.74) is 0.197. The Morgan fingerprint density at radius 2 is 2.05 bits per heavy atom. The van der Waals surface area contributed by atoms with Crippen LogP contribution in [0.2, 0.25) is 0 Å². The number of nitrogens with zero attached hydrogens (tertiary/aromatic N) is 3. The van der Waals surface area contributed by atoms with Gasteiger partial charge in [0.2, 0.25) is 0 Å².